The van der Waals surface area contributed by atoms with Gasteiger partial charge in [-0.3, -0.25) is 4.18 Å². The van der Waals surface area contributed by atoms with Crippen molar-refractivity contribution < 1.29 is 12.6 Å². The summed E-state index contributed by atoms with van der Waals surface area (Å²) in [4.78, 5) is 0. The summed E-state index contributed by atoms with van der Waals surface area (Å²) in [6.45, 7) is 1.64. The molecule has 0 aliphatic rings. The fourth-order valence-electron chi connectivity index (χ4n) is 1.15. The Kier molecular flexibility index (Phi) is 3.45. The Morgan fingerprint density at radius 2 is 1.87 bits per heavy atom. The number of nitriles is 1. The third-order valence-corrected chi connectivity index (χ3v) is 2.47. The molecule has 4 nitrogen and oxygen atoms in total. The highest BCUT2D eigenvalue weighted by molar-refractivity contribution is 7.86. The van der Waals surface area contributed by atoms with Crippen LogP contribution in [0.4, 0.5) is 0 Å². The Balaban J connectivity index is 2.84. The normalized spacial score (nSPS) is 13.1. The Hall–Kier alpha value is -1.38. The van der Waals surface area contributed by atoms with Crippen molar-refractivity contribution >= 4 is 10.1 Å². The molecule has 0 aliphatic carbocycles. The number of hydrogen-bond donors (Lipinski definition) is 0. The van der Waals surface area contributed by atoms with Crippen molar-refractivity contribution in [3.05, 3.63) is 35.4 Å². The molecule has 0 radical (unpaired) electrons. The zero-order valence-electron chi connectivity index (χ0n) is 8.47. The Morgan fingerprint density at radius 3 is 2.27 bits per heavy atom. The first-order valence-corrected chi connectivity index (χ1v) is 6.12. The van der Waals surface area contributed by atoms with Crippen molar-refractivity contribution in [3.8, 4) is 6.07 Å². The first kappa shape index (κ1) is 11.7. The molecule has 0 bridgehead atoms. The molecular formula is C10H11NO3S. The molecule has 1 aromatic carbocycles. The molecule has 1 rings (SSSR count). The van der Waals surface area contributed by atoms with Crippen LogP contribution in [0, 0.1) is 11.3 Å². The van der Waals surface area contributed by atoms with E-state index in [0.717, 1.165) is 11.8 Å². The van der Waals surface area contributed by atoms with Crippen molar-refractivity contribution in [2.24, 2.45) is 0 Å². The number of benzene rings is 1. The molecule has 15 heavy (non-hydrogen) atoms. The Bertz CT molecular complexity index is 470. The van der Waals surface area contributed by atoms with E-state index in [4.69, 9.17) is 9.44 Å². The van der Waals surface area contributed by atoms with Gasteiger partial charge in [0, 0.05) is 0 Å². The Labute approximate surface area is 89.2 Å². The summed E-state index contributed by atoms with van der Waals surface area (Å²) < 4.78 is 26.5. The van der Waals surface area contributed by atoms with Gasteiger partial charge in [0.15, 0.2) is 0 Å². The third-order valence-electron chi connectivity index (χ3n) is 1.83. The molecule has 0 fully saturated rings. The lowest BCUT2D eigenvalue weighted by atomic mass is 10.1. The van der Waals surface area contributed by atoms with Crippen LogP contribution in [0.3, 0.4) is 0 Å². The standard InChI is InChI=1S/C10H11NO3S/c1-8(14-15(2,12)13)10-5-3-9(7-11)4-6-10/h3-6,8H,1-2H3/t8-/m1/s1. The number of hydrogen-bond acceptors (Lipinski definition) is 4. The van der Waals surface area contributed by atoms with E-state index in [1.807, 2.05) is 6.07 Å². The highest BCUT2D eigenvalue weighted by Gasteiger charge is 2.12. The number of nitrogens with zero attached hydrogens (tertiary/aromatic N) is 1. The van der Waals surface area contributed by atoms with E-state index in [0.29, 0.717) is 5.56 Å². The van der Waals surface area contributed by atoms with Gasteiger partial charge in [-0.1, -0.05) is 12.1 Å². The molecule has 0 aromatic heterocycles. The lowest BCUT2D eigenvalue weighted by Crippen LogP contribution is -2.07. The molecule has 80 valence electrons. The van der Waals surface area contributed by atoms with Gasteiger partial charge in [-0.2, -0.15) is 13.7 Å². The first-order valence-electron chi connectivity index (χ1n) is 4.30. The monoisotopic (exact) mass is 225 g/mol. The molecule has 1 aromatic rings. The molecule has 0 saturated carbocycles. The molecule has 0 heterocycles. The third kappa shape index (κ3) is 3.70. The van der Waals surface area contributed by atoms with Gasteiger partial charge < -0.3 is 0 Å². The van der Waals surface area contributed by atoms with E-state index in [1.54, 1.807) is 31.2 Å². The summed E-state index contributed by atoms with van der Waals surface area (Å²) in [6.07, 6.45) is 0.473. The van der Waals surface area contributed by atoms with Gasteiger partial charge in [0.05, 0.1) is 24.0 Å². The quantitative estimate of drug-likeness (QED) is 0.733. The van der Waals surface area contributed by atoms with Crippen LogP contribution in [0.15, 0.2) is 24.3 Å². The lowest BCUT2D eigenvalue weighted by molar-refractivity contribution is 0.237. The molecule has 0 N–H and O–H groups in total. The number of rotatable bonds is 3. The second kappa shape index (κ2) is 4.43. The Morgan fingerprint density at radius 1 is 1.33 bits per heavy atom. The first-order chi connectivity index (χ1) is 6.92. The van der Waals surface area contributed by atoms with Crippen LogP contribution >= 0.6 is 0 Å². The molecule has 1 atom stereocenters. The summed E-state index contributed by atoms with van der Waals surface area (Å²) in [5.41, 5.74) is 1.25. The highest BCUT2D eigenvalue weighted by atomic mass is 32.2. The maximum Gasteiger partial charge on any atom is 0.264 e. The van der Waals surface area contributed by atoms with Crippen LogP contribution in [0.2, 0.25) is 0 Å². The predicted molar refractivity (Wildman–Crippen MR) is 55.5 cm³/mol. The van der Waals surface area contributed by atoms with E-state index >= 15 is 0 Å². The summed E-state index contributed by atoms with van der Waals surface area (Å²) in [5.74, 6) is 0. The molecule has 5 heteroatoms. The van der Waals surface area contributed by atoms with Crippen molar-refractivity contribution in [3.63, 3.8) is 0 Å². The van der Waals surface area contributed by atoms with Crippen molar-refractivity contribution in [1.82, 2.24) is 0 Å². The van der Waals surface area contributed by atoms with Crippen LogP contribution in [-0.2, 0) is 14.3 Å². The molecule has 0 aliphatic heterocycles. The zero-order valence-corrected chi connectivity index (χ0v) is 9.28. The molecule has 0 spiro atoms. The van der Waals surface area contributed by atoms with Crippen LogP contribution in [0.5, 0.6) is 0 Å². The summed E-state index contributed by atoms with van der Waals surface area (Å²) in [5, 5.41) is 8.58. The summed E-state index contributed by atoms with van der Waals surface area (Å²) in [6, 6.07) is 8.58. The van der Waals surface area contributed by atoms with Crippen molar-refractivity contribution in [2.75, 3.05) is 6.26 Å². The van der Waals surface area contributed by atoms with Gasteiger partial charge in [0.25, 0.3) is 10.1 Å². The molecule has 0 amide bonds. The van der Waals surface area contributed by atoms with Gasteiger partial charge >= 0.3 is 0 Å². The zero-order chi connectivity index (χ0) is 11.5. The van der Waals surface area contributed by atoms with E-state index in [9.17, 15) is 8.42 Å². The van der Waals surface area contributed by atoms with Crippen LogP contribution < -0.4 is 0 Å². The topological polar surface area (TPSA) is 67.2 Å². The van der Waals surface area contributed by atoms with E-state index in [-0.39, 0.29) is 0 Å². The van der Waals surface area contributed by atoms with E-state index in [1.165, 1.54) is 0 Å². The second-order valence-corrected chi connectivity index (χ2v) is 4.78. The smallest absolute Gasteiger partial charge is 0.262 e. The fraction of sp³-hybridized carbons (Fsp3) is 0.300. The van der Waals surface area contributed by atoms with Crippen molar-refractivity contribution in [2.45, 2.75) is 13.0 Å². The van der Waals surface area contributed by atoms with Crippen LogP contribution in [-0.4, -0.2) is 14.7 Å². The maximum absolute atomic E-state index is 10.9. The summed E-state index contributed by atoms with van der Waals surface area (Å²) in [7, 11) is -3.45. The maximum atomic E-state index is 10.9. The lowest BCUT2D eigenvalue weighted by Gasteiger charge is -2.10. The van der Waals surface area contributed by atoms with Crippen LogP contribution in [0.25, 0.3) is 0 Å². The van der Waals surface area contributed by atoms with Gasteiger partial charge in [-0.25, -0.2) is 0 Å². The predicted octanol–water partition coefficient (Wildman–Crippen LogP) is 1.60. The highest BCUT2D eigenvalue weighted by Crippen LogP contribution is 2.18. The van der Waals surface area contributed by atoms with Gasteiger partial charge in [0.2, 0.25) is 0 Å². The minimum absolute atomic E-state index is 0.533. The van der Waals surface area contributed by atoms with Gasteiger partial charge in [-0.15, -0.1) is 0 Å². The largest absolute Gasteiger partial charge is 0.264 e. The molecule has 0 unspecified atom stereocenters. The van der Waals surface area contributed by atoms with E-state index < -0.39 is 16.2 Å². The van der Waals surface area contributed by atoms with Gasteiger partial charge in [0.1, 0.15) is 0 Å². The van der Waals surface area contributed by atoms with Crippen LogP contribution in [0.1, 0.15) is 24.2 Å². The van der Waals surface area contributed by atoms with Gasteiger partial charge in [-0.05, 0) is 24.6 Å². The molecular weight excluding hydrogens is 214 g/mol. The van der Waals surface area contributed by atoms with E-state index in [2.05, 4.69) is 0 Å². The van der Waals surface area contributed by atoms with Crippen molar-refractivity contribution in [1.29, 1.82) is 5.26 Å². The average molecular weight is 225 g/mol. The minimum Gasteiger partial charge on any atom is -0.262 e. The second-order valence-electron chi connectivity index (χ2n) is 3.18. The average Bonchev–Trinajstić information content (AvgIpc) is 2.15. The SMILES string of the molecule is C[C@@H](OS(C)(=O)=O)c1ccc(C#N)cc1. The molecule has 0 saturated heterocycles. The fourth-order valence-corrected chi connectivity index (χ4v) is 1.78. The summed E-state index contributed by atoms with van der Waals surface area (Å²) >= 11 is 0. The minimum atomic E-state index is -3.45.